The first kappa shape index (κ1) is 20.7. The molecule has 1 saturated heterocycles. The van der Waals surface area contributed by atoms with Crippen LogP contribution in [-0.4, -0.2) is 50.5 Å². The molecule has 0 spiro atoms. The van der Waals surface area contributed by atoms with Crippen molar-refractivity contribution in [1.29, 1.82) is 0 Å². The summed E-state index contributed by atoms with van der Waals surface area (Å²) in [5.41, 5.74) is 0.744. The number of benzene rings is 1. The Hall–Kier alpha value is -1.64. The molecule has 1 fully saturated rings. The van der Waals surface area contributed by atoms with Crippen LogP contribution in [0.2, 0.25) is 0 Å². The smallest absolute Gasteiger partial charge is 0.322 e. The van der Waals surface area contributed by atoms with Gasteiger partial charge in [0.2, 0.25) is 10.0 Å². The van der Waals surface area contributed by atoms with E-state index in [0.717, 1.165) is 43.7 Å². The molecule has 0 radical (unpaired) electrons. The lowest BCUT2D eigenvalue weighted by Crippen LogP contribution is -2.43. The third kappa shape index (κ3) is 6.93. The summed E-state index contributed by atoms with van der Waals surface area (Å²) in [6, 6.07) is 6.01. The maximum Gasteiger partial charge on any atom is 0.322 e. The molecule has 1 aromatic carbocycles. The van der Waals surface area contributed by atoms with Crippen molar-refractivity contribution in [1.82, 2.24) is 10.0 Å². The molecule has 1 atom stereocenters. The molecule has 1 aromatic rings. The minimum Gasteiger partial charge on any atom is -0.490 e. The first-order valence-corrected chi connectivity index (χ1v) is 10.7. The summed E-state index contributed by atoms with van der Waals surface area (Å²) in [4.78, 5) is 11.4. The number of nitrogens with one attached hydrogen (secondary N) is 2. The number of sulfonamides is 1. The van der Waals surface area contributed by atoms with Crippen LogP contribution in [0, 0.1) is 0 Å². The van der Waals surface area contributed by atoms with Crippen molar-refractivity contribution in [2.24, 2.45) is 0 Å². The molecule has 0 saturated carbocycles. The number of hydrogen-bond acceptors (Lipinski definition) is 5. The number of hydrogen-bond donors (Lipinski definition) is 3. The Morgan fingerprint density at radius 3 is 2.54 bits per heavy atom. The molecule has 146 valence electrons. The fraction of sp³-hybridized carbons (Fsp3) is 0.611. The van der Waals surface area contributed by atoms with E-state index in [9.17, 15) is 18.3 Å². The fourth-order valence-corrected chi connectivity index (χ4v) is 4.24. The Kier molecular flexibility index (Phi) is 7.86. The first-order chi connectivity index (χ1) is 12.4. The number of ether oxygens (including phenoxy) is 1. The zero-order valence-electron chi connectivity index (χ0n) is 15.1. The van der Waals surface area contributed by atoms with E-state index < -0.39 is 22.0 Å². The zero-order chi connectivity index (χ0) is 19.0. The highest BCUT2D eigenvalue weighted by atomic mass is 32.2. The van der Waals surface area contributed by atoms with Crippen LogP contribution in [0.5, 0.6) is 5.75 Å². The molecule has 0 unspecified atom stereocenters. The Morgan fingerprint density at radius 1 is 1.31 bits per heavy atom. The van der Waals surface area contributed by atoms with Gasteiger partial charge in [-0.25, -0.2) is 13.1 Å². The van der Waals surface area contributed by atoms with Crippen LogP contribution in [0.15, 0.2) is 24.3 Å². The Labute approximate surface area is 155 Å². The summed E-state index contributed by atoms with van der Waals surface area (Å²) < 4.78 is 32.2. The number of unbranched alkanes of at least 4 members (excludes halogenated alkanes) is 1. The van der Waals surface area contributed by atoms with Gasteiger partial charge in [0.15, 0.2) is 0 Å². The molecule has 0 amide bonds. The van der Waals surface area contributed by atoms with Crippen molar-refractivity contribution in [2.45, 2.75) is 51.2 Å². The summed E-state index contributed by atoms with van der Waals surface area (Å²) in [7, 11) is -3.60. The average Bonchev–Trinajstić information content (AvgIpc) is 2.62. The van der Waals surface area contributed by atoms with Gasteiger partial charge in [-0.1, -0.05) is 25.5 Å². The van der Waals surface area contributed by atoms with Gasteiger partial charge >= 0.3 is 5.97 Å². The number of rotatable bonds is 10. The highest BCUT2D eigenvalue weighted by molar-refractivity contribution is 7.89. The number of carboxylic acid groups (broad SMARTS) is 1. The van der Waals surface area contributed by atoms with Crippen LogP contribution in [-0.2, 0) is 21.2 Å². The predicted octanol–water partition coefficient (Wildman–Crippen LogP) is 1.53. The van der Waals surface area contributed by atoms with E-state index in [-0.39, 0.29) is 18.3 Å². The molecular formula is C18H28N2O5S. The maximum atomic E-state index is 12.0. The van der Waals surface area contributed by atoms with Crippen molar-refractivity contribution in [3.05, 3.63) is 29.8 Å². The summed E-state index contributed by atoms with van der Waals surface area (Å²) in [5.74, 6) is -0.493. The highest BCUT2D eigenvalue weighted by Crippen LogP contribution is 2.18. The van der Waals surface area contributed by atoms with E-state index >= 15 is 0 Å². The predicted molar refractivity (Wildman–Crippen MR) is 99.9 cm³/mol. The van der Waals surface area contributed by atoms with Gasteiger partial charge in [-0.3, -0.25) is 4.79 Å². The summed E-state index contributed by atoms with van der Waals surface area (Å²) in [6.07, 6.45) is 3.44. The Balaban J connectivity index is 1.94. The van der Waals surface area contributed by atoms with Crippen LogP contribution in [0.3, 0.4) is 0 Å². The van der Waals surface area contributed by atoms with Gasteiger partial charge in [-0.05, 0) is 56.5 Å². The summed E-state index contributed by atoms with van der Waals surface area (Å²) in [6.45, 7) is 3.78. The molecule has 2 rings (SSSR count). The van der Waals surface area contributed by atoms with Crippen molar-refractivity contribution < 1.29 is 23.1 Å². The topological polar surface area (TPSA) is 105 Å². The maximum absolute atomic E-state index is 12.0. The van der Waals surface area contributed by atoms with Crippen LogP contribution in [0.4, 0.5) is 0 Å². The second-order valence-electron chi connectivity index (χ2n) is 6.60. The molecular weight excluding hydrogens is 356 g/mol. The largest absolute Gasteiger partial charge is 0.490 e. The molecule has 1 heterocycles. The third-order valence-electron chi connectivity index (χ3n) is 4.34. The van der Waals surface area contributed by atoms with Gasteiger partial charge < -0.3 is 15.2 Å². The van der Waals surface area contributed by atoms with Crippen molar-refractivity contribution in [2.75, 3.05) is 18.8 Å². The van der Waals surface area contributed by atoms with Crippen LogP contribution < -0.4 is 14.8 Å². The van der Waals surface area contributed by atoms with Crippen LogP contribution in [0.25, 0.3) is 0 Å². The van der Waals surface area contributed by atoms with Gasteiger partial charge in [0.05, 0.1) is 5.75 Å². The van der Waals surface area contributed by atoms with Gasteiger partial charge in [-0.2, -0.15) is 0 Å². The van der Waals surface area contributed by atoms with E-state index in [1.54, 1.807) is 12.1 Å². The lowest BCUT2D eigenvalue weighted by molar-refractivity contribution is -0.138. The lowest BCUT2D eigenvalue weighted by atomic mass is 10.1. The van der Waals surface area contributed by atoms with Crippen LogP contribution in [0.1, 0.15) is 38.2 Å². The van der Waals surface area contributed by atoms with E-state index in [0.29, 0.717) is 6.42 Å². The van der Waals surface area contributed by atoms with Gasteiger partial charge in [0.25, 0.3) is 0 Å². The zero-order valence-corrected chi connectivity index (χ0v) is 15.9. The fourth-order valence-electron chi connectivity index (χ4n) is 2.83. The normalized spacial score (nSPS) is 17.0. The molecule has 1 aliphatic rings. The molecule has 0 aromatic heterocycles. The summed E-state index contributed by atoms with van der Waals surface area (Å²) in [5, 5.41) is 12.6. The van der Waals surface area contributed by atoms with E-state index in [1.807, 2.05) is 19.1 Å². The van der Waals surface area contributed by atoms with Gasteiger partial charge in [0, 0.05) is 0 Å². The molecule has 26 heavy (non-hydrogen) atoms. The Morgan fingerprint density at radius 2 is 1.96 bits per heavy atom. The molecule has 8 heteroatoms. The van der Waals surface area contributed by atoms with Crippen molar-refractivity contribution in [3.63, 3.8) is 0 Å². The van der Waals surface area contributed by atoms with Crippen molar-refractivity contribution in [3.8, 4) is 5.75 Å². The SMILES string of the molecule is CCCCS(=O)(=O)N[C@@H](Cc1ccc(OC2CCNCC2)cc1)C(=O)O. The number of aliphatic carboxylic acids is 1. The summed E-state index contributed by atoms with van der Waals surface area (Å²) >= 11 is 0. The van der Waals surface area contributed by atoms with Crippen LogP contribution >= 0.6 is 0 Å². The second-order valence-corrected chi connectivity index (χ2v) is 8.47. The number of carboxylic acids is 1. The molecule has 0 bridgehead atoms. The van der Waals surface area contributed by atoms with Gasteiger partial charge in [-0.15, -0.1) is 0 Å². The monoisotopic (exact) mass is 384 g/mol. The molecule has 0 aliphatic carbocycles. The first-order valence-electron chi connectivity index (χ1n) is 9.08. The quantitative estimate of drug-likeness (QED) is 0.565. The highest BCUT2D eigenvalue weighted by Gasteiger charge is 2.24. The van der Waals surface area contributed by atoms with E-state index in [1.165, 1.54) is 0 Å². The molecule has 3 N–H and O–H groups in total. The van der Waals surface area contributed by atoms with Crippen molar-refractivity contribution >= 4 is 16.0 Å². The minimum absolute atomic E-state index is 0.0592. The lowest BCUT2D eigenvalue weighted by Gasteiger charge is -2.24. The van der Waals surface area contributed by atoms with E-state index in [4.69, 9.17) is 4.74 Å². The van der Waals surface area contributed by atoms with E-state index in [2.05, 4.69) is 10.0 Å². The standard InChI is InChI=1S/C18H28N2O5S/c1-2-3-12-26(23,24)20-17(18(21)22)13-14-4-6-15(7-5-14)25-16-8-10-19-11-9-16/h4-7,16-17,19-20H,2-3,8-13H2,1H3,(H,21,22)/t17-/m0/s1. The minimum atomic E-state index is -3.60. The second kappa shape index (κ2) is 9.89. The van der Waals surface area contributed by atoms with Gasteiger partial charge in [0.1, 0.15) is 17.9 Å². The Bertz CT molecular complexity index is 669. The number of carbonyl (C=O) groups is 1. The molecule has 1 aliphatic heterocycles. The number of piperidine rings is 1. The average molecular weight is 384 g/mol. The molecule has 7 nitrogen and oxygen atoms in total. The third-order valence-corrected chi connectivity index (χ3v) is 5.81.